The fraction of sp³-hybridized carbons (Fsp3) is 0.462. The maximum absolute atomic E-state index is 13.3. The van der Waals surface area contributed by atoms with Crippen molar-refractivity contribution >= 4 is 5.97 Å². The molecule has 1 aromatic rings. The third-order valence-electron chi connectivity index (χ3n) is 3.74. The number of hydrogen-bond donors (Lipinski definition) is 3. The van der Waals surface area contributed by atoms with Gasteiger partial charge in [0.05, 0.1) is 0 Å². The zero-order valence-electron chi connectivity index (χ0n) is 10.7. The minimum Gasteiger partial charge on any atom is -0.480 e. The van der Waals surface area contributed by atoms with E-state index in [1.165, 1.54) is 6.07 Å². The van der Waals surface area contributed by atoms with Gasteiger partial charge < -0.3 is 5.11 Å². The highest BCUT2D eigenvalue weighted by Gasteiger charge is 2.39. The normalized spacial score (nSPS) is 23.6. The summed E-state index contributed by atoms with van der Waals surface area (Å²) >= 11 is 0. The first-order chi connectivity index (χ1) is 8.82. The van der Waals surface area contributed by atoms with Crippen LogP contribution in [0.4, 0.5) is 8.78 Å². The van der Waals surface area contributed by atoms with Gasteiger partial charge in [-0.3, -0.25) is 10.2 Å². The quantitative estimate of drug-likeness (QED) is 0.780. The van der Waals surface area contributed by atoms with E-state index in [0.717, 1.165) is 12.1 Å². The van der Waals surface area contributed by atoms with Crippen molar-refractivity contribution in [1.82, 2.24) is 10.9 Å². The van der Waals surface area contributed by atoms with E-state index in [0.29, 0.717) is 12.0 Å². The molecule has 0 aromatic heterocycles. The molecule has 0 aliphatic carbocycles. The van der Waals surface area contributed by atoms with Crippen LogP contribution >= 0.6 is 0 Å². The molecular formula is C13H16F2N2O2. The summed E-state index contributed by atoms with van der Waals surface area (Å²) in [5, 5.41) is 8.94. The van der Waals surface area contributed by atoms with Crippen molar-refractivity contribution in [2.24, 2.45) is 0 Å². The van der Waals surface area contributed by atoms with E-state index in [-0.39, 0.29) is 6.04 Å². The molecule has 2 atom stereocenters. The topological polar surface area (TPSA) is 61.4 Å². The Morgan fingerprint density at radius 3 is 2.53 bits per heavy atom. The van der Waals surface area contributed by atoms with Gasteiger partial charge in [-0.05, 0) is 24.1 Å². The van der Waals surface area contributed by atoms with Crippen LogP contribution in [0.15, 0.2) is 18.2 Å². The Morgan fingerprint density at radius 2 is 2.00 bits per heavy atom. The molecule has 1 fully saturated rings. The predicted octanol–water partition coefficient (Wildman–Crippen LogP) is 1.56. The zero-order chi connectivity index (χ0) is 14.2. The minimum absolute atomic E-state index is 0.182. The van der Waals surface area contributed by atoms with Crippen LogP contribution in [0, 0.1) is 11.6 Å². The molecule has 1 saturated heterocycles. The van der Waals surface area contributed by atoms with Crippen LogP contribution in [0.3, 0.4) is 0 Å². The number of aliphatic carboxylic acids is 1. The molecule has 1 heterocycles. The second-order valence-electron chi connectivity index (χ2n) is 5.32. The van der Waals surface area contributed by atoms with Crippen molar-refractivity contribution in [3.05, 3.63) is 35.4 Å². The molecule has 2 rings (SSSR count). The summed E-state index contributed by atoms with van der Waals surface area (Å²) in [4.78, 5) is 10.9. The number of hydrogen-bond acceptors (Lipinski definition) is 3. The molecule has 0 bridgehead atoms. The molecule has 0 saturated carbocycles. The Labute approximate surface area is 109 Å². The van der Waals surface area contributed by atoms with Gasteiger partial charge in [0.15, 0.2) is 11.6 Å². The van der Waals surface area contributed by atoms with Crippen molar-refractivity contribution in [3.8, 4) is 0 Å². The first-order valence-electron chi connectivity index (χ1n) is 6.01. The molecular weight excluding hydrogens is 254 g/mol. The molecule has 104 valence electrons. The Morgan fingerprint density at radius 1 is 1.32 bits per heavy atom. The lowest BCUT2D eigenvalue weighted by atomic mass is 9.76. The van der Waals surface area contributed by atoms with E-state index in [1.54, 1.807) is 0 Å². The van der Waals surface area contributed by atoms with E-state index >= 15 is 0 Å². The van der Waals surface area contributed by atoms with E-state index in [4.69, 9.17) is 5.11 Å². The summed E-state index contributed by atoms with van der Waals surface area (Å²) < 4.78 is 26.2. The highest BCUT2D eigenvalue weighted by atomic mass is 19.2. The third-order valence-corrected chi connectivity index (χ3v) is 3.74. The highest BCUT2D eigenvalue weighted by Crippen LogP contribution is 2.32. The largest absolute Gasteiger partial charge is 0.480 e. The van der Waals surface area contributed by atoms with Gasteiger partial charge in [0.1, 0.15) is 6.04 Å². The molecule has 6 heteroatoms. The molecule has 1 aromatic carbocycles. The summed E-state index contributed by atoms with van der Waals surface area (Å²) in [6, 6.07) is 2.91. The van der Waals surface area contributed by atoms with E-state index < -0.39 is 29.1 Å². The molecule has 0 radical (unpaired) electrons. The summed E-state index contributed by atoms with van der Waals surface area (Å²) in [6.45, 7) is 3.73. The second-order valence-corrected chi connectivity index (χ2v) is 5.32. The number of benzene rings is 1. The number of carbonyl (C=O) groups is 1. The lowest BCUT2D eigenvalue weighted by molar-refractivity contribution is -0.139. The Hall–Kier alpha value is -1.53. The molecule has 3 N–H and O–H groups in total. The van der Waals surface area contributed by atoms with Crippen molar-refractivity contribution < 1.29 is 18.7 Å². The maximum Gasteiger partial charge on any atom is 0.322 e. The van der Waals surface area contributed by atoms with Crippen LogP contribution < -0.4 is 10.9 Å². The standard InChI is InChI=1S/C13H16F2N2O2/c1-13(2,7-3-4-8(14)9(15)5-7)11-6-10(12(18)19)16-17-11/h3-5,10-11,16-17H,6H2,1-2H3,(H,18,19). The third kappa shape index (κ3) is 2.59. The summed E-state index contributed by atoms with van der Waals surface area (Å²) in [5.74, 6) is -2.72. The minimum atomic E-state index is -0.934. The van der Waals surface area contributed by atoms with Crippen LogP contribution in [0.1, 0.15) is 25.8 Å². The Balaban J connectivity index is 2.22. The Kier molecular flexibility index (Phi) is 3.56. The first kappa shape index (κ1) is 13.9. The average molecular weight is 270 g/mol. The average Bonchev–Trinajstić information content (AvgIpc) is 2.82. The zero-order valence-corrected chi connectivity index (χ0v) is 10.7. The van der Waals surface area contributed by atoms with E-state index in [1.807, 2.05) is 13.8 Å². The molecule has 1 aliphatic heterocycles. The molecule has 19 heavy (non-hydrogen) atoms. The predicted molar refractivity (Wildman–Crippen MR) is 65.5 cm³/mol. The summed E-state index contributed by atoms with van der Waals surface area (Å²) in [7, 11) is 0. The second kappa shape index (κ2) is 4.86. The first-order valence-corrected chi connectivity index (χ1v) is 6.01. The van der Waals surface area contributed by atoms with Crippen LogP contribution in [0.5, 0.6) is 0 Å². The van der Waals surface area contributed by atoms with Crippen LogP contribution in [0.25, 0.3) is 0 Å². The van der Waals surface area contributed by atoms with Gasteiger partial charge in [-0.25, -0.2) is 14.2 Å². The lowest BCUT2D eigenvalue weighted by Crippen LogP contribution is -2.44. The number of hydrazine groups is 1. The van der Waals surface area contributed by atoms with E-state index in [9.17, 15) is 13.6 Å². The van der Waals surface area contributed by atoms with Gasteiger partial charge >= 0.3 is 5.97 Å². The van der Waals surface area contributed by atoms with Crippen molar-refractivity contribution in [3.63, 3.8) is 0 Å². The SMILES string of the molecule is CC(C)(c1ccc(F)c(F)c1)C1CC(C(=O)O)NN1. The number of nitrogens with one attached hydrogen (secondary N) is 2. The van der Waals surface area contributed by atoms with Gasteiger partial charge in [0.2, 0.25) is 0 Å². The van der Waals surface area contributed by atoms with Gasteiger partial charge in [0.25, 0.3) is 0 Å². The molecule has 4 nitrogen and oxygen atoms in total. The number of rotatable bonds is 3. The van der Waals surface area contributed by atoms with Gasteiger partial charge in [-0.15, -0.1) is 0 Å². The summed E-state index contributed by atoms with van der Waals surface area (Å²) in [5.41, 5.74) is 5.70. The monoisotopic (exact) mass is 270 g/mol. The van der Waals surface area contributed by atoms with Crippen LogP contribution in [-0.4, -0.2) is 23.2 Å². The molecule has 1 aliphatic rings. The van der Waals surface area contributed by atoms with Crippen LogP contribution in [-0.2, 0) is 10.2 Å². The lowest BCUT2D eigenvalue weighted by Gasteiger charge is -2.31. The molecule has 0 spiro atoms. The summed E-state index contributed by atoms with van der Waals surface area (Å²) in [6.07, 6.45) is 0.376. The van der Waals surface area contributed by atoms with Crippen LogP contribution in [0.2, 0.25) is 0 Å². The fourth-order valence-corrected chi connectivity index (χ4v) is 2.29. The Bertz CT molecular complexity index is 505. The molecule has 2 unspecified atom stereocenters. The number of carboxylic acid groups (broad SMARTS) is 1. The highest BCUT2D eigenvalue weighted by molar-refractivity contribution is 5.73. The van der Waals surface area contributed by atoms with Crippen molar-refractivity contribution in [1.29, 1.82) is 0 Å². The van der Waals surface area contributed by atoms with E-state index in [2.05, 4.69) is 10.9 Å². The molecule has 0 amide bonds. The van der Waals surface area contributed by atoms with Gasteiger partial charge in [-0.2, -0.15) is 0 Å². The number of halogens is 2. The van der Waals surface area contributed by atoms with Crippen molar-refractivity contribution in [2.45, 2.75) is 37.8 Å². The number of carboxylic acids is 1. The fourth-order valence-electron chi connectivity index (χ4n) is 2.29. The van der Waals surface area contributed by atoms with Gasteiger partial charge in [0, 0.05) is 11.5 Å². The van der Waals surface area contributed by atoms with Crippen molar-refractivity contribution in [2.75, 3.05) is 0 Å². The maximum atomic E-state index is 13.3. The van der Waals surface area contributed by atoms with Gasteiger partial charge in [-0.1, -0.05) is 19.9 Å². The smallest absolute Gasteiger partial charge is 0.322 e.